The molecule has 1 aliphatic rings. The fourth-order valence-electron chi connectivity index (χ4n) is 2.98. The Hall–Kier alpha value is -1.45. The van der Waals surface area contributed by atoms with E-state index in [9.17, 15) is 4.39 Å². The summed E-state index contributed by atoms with van der Waals surface area (Å²) < 4.78 is 13.2. The first-order valence-electron chi connectivity index (χ1n) is 6.81. The number of hydrogen-bond donors (Lipinski definition) is 1. The Kier molecular flexibility index (Phi) is 3.72. The van der Waals surface area contributed by atoms with Gasteiger partial charge in [0.1, 0.15) is 5.82 Å². The van der Waals surface area contributed by atoms with Crippen molar-refractivity contribution in [2.45, 2.75) is 31.2 Å². The zero-order valence-electron chi connectivity index (χ0n) is 11.0. The van der Waals surface area contributed by atoms with Crippen LogP contribution in [0.25, 0.3) is 0 Å². The number of nitrogens with two attached hydrogens (primary N) is 1. The Morgan fingerprint density at radius 3 is 3.00 bits per heavy atom. The van der Waals surface area contributed by atoms with Crippen molar-refractivity contribution in [2.24, 2.45) is 5.73 Å². The fourth-order valence-corrected chi connectivity index (χ4v) is 3.28. The van der Waals surface area contributed by atoms with Gasteiger partial charge in [-0.1, -0.05) is 23.7 Å². The lowest BCUT2D eigenvalue weighted by molar-refractivity contribution is 0.462. The van der Waals surface area contributed by atoms with Gasteiger partial charge in [-0.25, -0.2) is 4.39 Å². The van der Waals surface area contributed by atoms with E-state index in [1.807, 2.05) is 6.07 Å². The van der Waals surface area contributed by atoms with Gasteiger partial charge in [-0.3, -0.25) is 4.98 Å². The van der Waals surface area contributed by atoms with Crippen LogP contribution >= 0.6 is 11.6 Å². The Bertz CT molecular complexity index is 630. The normalized spacial score (nSPS) is 19.4. The summed E-state index contributed by atoms with van der Waals surface area (Å²) in [6.07, 6.45) is 4.93. The van der Waals surface area contributed by atoms with E-state index in [0.717, 1.165) is 30.5 Å². The summed E-state index contributed by atoms with van der Waals surface area (Å²) >= 11 is 6.13. The third kappa shape index (κ3) is 2.43. The van der Waals surface area contributed by atoms with E-state index < -0.39 is 0 Å². The van der Waals surface area contributed by atoms with Crippen LogP contribution in [0.5, 0.6) is 0 Å². The third-order valence-corrected chi connectivity index (χ3v) is 4.32. The van der Waals surface area contributed by atoms with E-state index in [2.05, 4.69) is 11.1 Å². The van der Waals surface area contributed by atoms with Crippen molar-refractivity contribution in [3.05, 3.63) is 64.2 Å². The molecular weight excluding hydrogens is 275 g/mol. The van der Waals surface area contributed by atoms with Crippen LogP contribution in [0.3, 0.4) is 0 Å². The molecule has 0 amide bonds. The number of aromatic nitrogens is 1. The number of benzene rings is 1. The molecule has 0 bridgehead atoms. The second kappa shape index (κ2) is 5.51. The Morgan fingerprint density at radius 1 is 1.35 bits per heavy atom. The van der Waals surface area contributed by atoms with Crippen LogP contribution in [0.2, 0.25) is 5.02 Å². The predicted octanol–water partition coefficient (Wildman–Crippen LogP) is 3.99. The summed E-state index contributed by atoms with van der Waals surface area (Å²) in [6.45, 7) is 0. The number of aryl methyl sites for hydroxylation is 1. The molecule has 0 saturated carbocycles. The monoisotopic (exact) mass is 290 g/mol. The first-order valence-corrected chi connectivity index (χ1v) is 7.19. The molecule has 2 unspecified atom stereocenters. The quantitative estimate of drug-likeness (QED) is 0.908. The third-order valence-electron chi connectivity index (χ3n) is 3.99. The van der Waals surface area contributed by atoms with Crippen molar-refractivity contribution in [2.75, 3.05) is 0 Å². The summed E-state index contributed by atoms with van der Waals surface area (Å²) in [5.74, 6) is -0.198. The van der Waals surface area contributed by atoms with Crippen molar-refractivity contribution < 1.29 is 4.39 Å². The first-order chi connectivity index (χ1) is 9.66. The summed E-state index contributed by atoms with van der Waals surface area (Å²) in [5, 5.41) is 0.389. The van der Waals surface area contributed by atoms with Crippen LogP contribution in [-0.4, -0.2) is 4.98 Å². The molecule has 2 atom stereocenters. The summed E-state index contributed by atoms with van der Waals surface area (Å²) in [4.78, 5) is 4.50. The zero-order valence-corrected chi connectivity index (χ0v) is 11.8. The Morgan fingerprint density at radius 2 is 2.20 bits per heavy atom. The average molecular weight is 291 g/mol. The Balaban J connectivity index is 1.97. The van der Waals surface area contributed by atoms with E-state index in [4.69, 9.17) is 17.3 Å². The summed E-state index contributed by atoms with van der Waals surface area (Å²) in [6, 6.07) is 8.21. The van der Waals surface area contributed by atoms with Gasteiger partial charge in [0.25, 0.3) is 0 Å². The second-order valence-electron chi connectivity index (χ2n) is 5.24. The molecule has 2 N–H and O–H groups in total. The van der Waals surface area contributed by atoms with Gasteiger partial charge >= 0.3 is 0 Å². The number of pyridine rings is 1. The van der Waals surface area contributed by atoms with E-state index in [1.165, 1.54) is 17.7 Å². The molecule has 2 nitrogen and oxygen atoms in total. The van der Waals surface area contributed by atoms with E-state index in [-0.39, 0.29) is 17.8 Å². The lowest BCUT2D eigenvalue weighted by atomic mass is 9.80. The highest BCUT2D eigenvalue weighted by molar-refractivity contribution is 6.31. The van der Waals surface area contributed by atoms with Crippen LogP contribution in [0.4, 0.5) is 4.39 Å². The van der Waals surface area contributed by atoms with Gasteiger partial charge in [-0.15, -0.1) is 0 Å². The number of nitrogens with zero attached hydrogens (tertiary/aromatic N) is 1. The second-order valence-corrected chi connectivity index (χ2v) is 5.65. The molecule has 1 aromatic carbocycles. The van der Waals surface area contributed by atoms with E-state index in [1.54, 1.807) is 12.3 Å². The smallest absolute Gasteiger partial charge is 0.124 e. The standard InChI is InChI=1S/C16H16ClFN2/c17-14-9-11(18)6-7-12(14)15(19)13-5-1-3-10-4-2-8-20-16(10)13/h2,4,6-9,13,15H,1,3,5,19H2. The highest BCUT2D eigenvalue weighted by Gasteiger charge is 2.28. The maximum absolute atomic E-state index is 13.2. The predicted molar refractivity (Wildman–Crippen MR) is 78.3 cm³/mol. The molecular formula is C16H16ClFN2. The molecule has 0 fully saturated rings. The van der Waals surface area contributed by atoms with Gasteiger partial charge in [0.2, 0.25) is 0 Å². The molecule has 0 radical (unpaired) electrons. The minimum absolute atomic E-state index is 0.142. The first kappa shape index (κ1) is 13.5. The number of hydrogen-bond acceptors (Lipinski definition) is 2. The summed E-state index contributed by atoms with van der Waals surface area (Å²) in [7, 11) is 0. The molecule has 0 spiro atoms. The maximum Gasteiger partial charge on any atom is 0.124 e. The van der Waals surface area contributed by atoms with Gasteiger partial charge in [-0.2, -0.15) is 0 Å². The highest BCUT2D eigenvalue weighted by Crippen LogP contribution is 2.39. The van der Waals surface area contributed by atoms with E-state index >= 15 is 0 Å². The van der Waals surface area contributed by atoms with E-state index in [0.29, 0.717) is 5.02 Å². The number of halogens is 2. The molecule has 1 heterocycles. The lowest BCUT2D eigenvalue weighted by Crippen LogP contribution is -2.24. The fraction of sp³-hybridized carbons (Fsp3) is 0.312. The SMILES string of the molecule is NC(c1ccc(F)cc1Cl)C1CCCc2cccnc21. The molecule has 0 aliphatic heterocycles. The summed E-state index contributed by atoms with van der Waals surface area (Å²) in [5.41, 5.74) is 9.50. The molecule has 2 aromatic rings. The van der Waals surface area contributed by atoms with Gasteiger partial charge in [0.05, 0.1) is 0 Å². The van der Waals surface area contributed by atoms with Crippen molar-refractivity contribution in [1.82, 2.24) is 4.98 Å². The van der Waals surface area contributed by atoms with Gasteiger partial charge in [-0.05, 0) is 48.6 Å². The average Bonchev–Trinajstić information content (AvgIpc) is 2.46. The minimum Gasteiger partial charge on any atom is -0.323 e. The lowest BCUT2D eigenvalue weighted by Gasteiger charge is -2.29. The van der Waals surface area contributed by atoms with Crippen molar-refractivity contribution in [1.29, 1.82) is 0 Å². The van der Waals surface area contributed by atoms with Crippen LogP contribution < -0.4 is 5.73 Å². The Labute approximate surface area is 122 Å². The van der Waals surface area contributed by atoms with Crippen molar-refractivity contribution >= 4 is 11.6 Å². The van der Waals surface area contributed by atoms with Crippen molar-refractivity contribution in [3.8, 4) is 0 Å². The molecule has 4 heteroatoms. The minimum atomic E-state index is -0.340. The number of fused-ring (bicyclic) bond motifs is 1. The van der Waals surface area contributed by atoms with Crippen LogP contribution in [0, 0.1) is 5.82 Å². The molecule has 1 aromatic heterocycles. The molecule has 3 rings (SSSR count). The molecule has 1 aliphatic carbocycles. The maximum atomic E-state index is 13.2. The van der Waals surface area contributed by atoms with Gasteiger partial charge < -0.3 is 5.73 Å². The molecule has 104 valence electrons. The number of rotatable bonds is 2. The van der Waals surface area contributed by atoms with Crippen LogP contribution in [0.1, 0.15) is 41.6 Å². The topological polar surface area (TPSA) is 38.9 Å². The molecule has 0 saturated heterocycles. The zero-order chi connectivity index (χ0) is 14.1. The molecule has 20 heavy (non-hydrogen) atoms. The highest BCUT2D eigenvalue weighted by atomic mass is 35.5. The van der Waals surface area contributed by atoms with Crippen molar-refractivity contribution in [3.63, 3.8) is 0 Å². The van der Waals surface area contributed by atoms with Gasteiger partial charge in [0, 0.05) is 28.9 Å². The largest absolute Gasteiger partial charge is 0.323 e. The van der Waals surface area contributed by atoms with Gasteiger partial charge in [0.15, 0.2) is 0 Å². The van der Waals surface area contributed by atoms with Crippen LogP contribution in [0.15, 0.2) is 36.5 Å². The van der Waals surface area contributed by atoms with Crippen LogP contribution in [-0.2, 0) is 6.42 Å².